The summed E-state index contributed by atoms with van der Waals surface area (Å²) < 4.78 is 5.05. The van der Waals surface area contributed by atoms with Gasteiger partial charge in [-0.1, -0.05) is 11.6 Å². The molecular weight excluding hydrogens is 316 g/mol. The Labute approximate surface area is 145 Å². The maximum absolute atomic E-state index is 11.1. The molecule has 1 fully saturated rings. The summed E-state index contributed by atoms with van der Waals surface area (Å²) in [6.07, 6.45) is 0.0475. The fourth-order valence-corrected chi connectivity index (χ4v) is 1.89. The van der Waals surface area contributed by atoms with Crippen molar-refractivity contribution >= 4 is 35.0 Å². The molecule has 0 saturated carbocycles. The van der Waals surface area contributed by atoms with E-state index in [0.29, 0.717) is 13.2 Å². The standard InChI is InChI=1S/C11H13Cl2N3O4.Li.H/c1-5(2)16(20-4-6-3-19-6)9-7(12)8(10(17)18)14-11(13)15-9;;/h5-6H,3-4H2,1-2H3,(H,17,18);;/q;+1;-1. The number of carboxylic acid groups (broad SMARTS) is 1. The molecule has 2 heterocycles. The number of nitrogens with zero attached hydrogens (tertiary/aromatic N) is 3. The van der Waals surface area contributed by atoms with Gasteiger partial charge >= 0.3 is 24.8 Å². The van der Waals surface area contributed by atoms with Gasteiger partial charge in [-0.15, -0.1) is 0 Å². The third-order valence-electron chi connectivity index (χ3n) is 2.49. The minimum absolute atomic E-state index is 0. The van der Waals surface area contributed by atoms with Crippen molar-refractivity contribution < 1.29 is 39.8 Å². The number of halogens is 2. The first-order valence-corrected chi connectivity index (χ1v) is 6.65. The van der Waals surface area contributed by atoms with E-state index in [9.17, 15) is 4.79 Å². The van der Waals surface area contributed by atoms with Gasteiger partial charge in [0, 0.05) is 0 Å². The topological polar surface area (TPSA) is 88.1 Å². The number of hydrogen-bond donors (Lipinski definition) is 1. The second-order valence-corrected chi connectivity index (χ2v) is 5.17. The average molecular weight is 330 g/mol. The van der Waals surface area contributed by atoms with Crippen LogP contribution in [0.2, 0.25) is 10.3 Å². The number of aromatic carboxylic acids is 1. The molecule has 0 aromatic carbocycles. The van der Waals surface area contributed by atoms with Gasteiger partial charge in [0.1, 0.15) is 17.7 Å². The van der Waals surface area contributed by atoms with Crippen molar-refractivity contribution in [1.82, 2.24) is 9.97 Å². The van der Waals surface area contributed by atoms with Gasteiger partial charge in [0.15, 0.2) is 11.5 Å². The average Bonchev–Trinajstić information content (AvgIpc) is 3.16. The van der Waals surface area contributed by atoms with E-state index in [1.807, 2.05) is 13.8 Å². The molecule has 0 aliphatic carbocycles. The van der Waals surface area contributed by atoms with E-state index >= 15 is 0 Å². The van der Waals surface area contributed by atoms with Gasteiger partial charge in [-0.3, -0.25) is 4.84 Å². The second-order valence-electron chi connectivity index (χ2n) is 4.45. The molecule has 0 radical (unpaired) electrons. The second kappa shape index (κ2) is 7.63. The zero-order valence-corrected chi connectivity index (χ0v) is 13.4. The molecule has 1 saturated heterocycles. The van der Waals surface area contributed by atoms with Crippen LogP contribution in [0.4, 0.5) is 5.82 Å². The predicted molar refractivity (Wildman–Crippen MR) is 73.4 cm³/mol. The molecular formula is C11H14Cl2LiN3O4. The minimum Gasteiger partial charge on any atom is -1.00 e. The van der Waals surface area contributed by atoms with E-state index in [1.54, 1.807) is 0 Å². The van der Waals surface area contributed by atoms with Gasteiger partial charge < -0.3 is 11.3 Å². The Morgan fingerprint density at radius 1 is 1.57 bits per heavy atom. The molecule has 21 heavy (non-hydrogen) atoms. The summed E-state index contributed by atoms with van der Waals surface area (Å²) in [6, 6.07) is -0.126. The van der Waals surface area contributed by atoms with Crippen molar-refractivity contribution in [3.05, 3.63) is 16.0 Å². The van der Waals surface area contributed by atoms with Gasteiger partial charge in [-0.05, 0) is 25.4 Å². The Morgan fingerprint density at radius 3 is 2.67 bits per heavy atom. The van der Waals surface area contributed by atoms with Gasteiger partial charge in [-0.25, -0.2) is 14.8 Å². The van der Waals surface area contributed by atoms with Crippen LogP contribution in [-0.2, 0) is 9.57 Å². The number of hydroxylamine groups is 1. The largest absolute Gasteiger partial charge is 1.00 e. The summed E-state index contributed by atoms with van der Waals surface area (Å²) in [5.41, 5.74) is -0.362. The van der Waals surface area contributed by atoms with Crippen LogP contribution in [0.15, 0.2) is 0 Å². The molecule has 2 rings (SSSR count). The zero-order valence-electron chi connectivity index (χ0n) is 12.8. The van der Waals surface area contributed by atoms with Crippen molar-refractivity contribution in [2.75, 3.05) is 18.3 Å². The summed E-state index contributed by atoms with van der Waals surface area (Å²) in [6.45, 7) is 4.67. The molecule has 7 nitrogen and oxygen atoms in total. The Balaban J connectivity index is 0.00000220. The van der Waals surface area contributed by atoms with Crippen LogP contribution in [0, 0.1) is 0 Å². The van der Waals surface area contributed by atoms with Gasteiger partial charge in [-0.2, -0.15) is 4.98 Å². The van der Waals surface area contributed by atoms with E-state index in [1.165, 1.54) is 5.06 Å². The normalized spacial score (nSPS) is 16.5. The molecule has 112 valence electrons. The molecule has 10 heteroatoms. The number of carbonyl (C=O) groups is 1. The van der Waals surface area contributed by atoms with Crippen molar-refractivity contribution in [3.63, 3.8) is 0 Å². The van der Waals surface area contributed by atoms with Crippen LogP contribution < -0.4 is 23.9 Å². The van der Waals surface area contributed by atoms with E-state index in [2.05, 4.69) is 9.97 Å². The molecule has 0 spiro atoms. The van der Waals surface area contributed by atoms with Gasteiger partial charge in [0.25, 0.3) is 0 Å². The Hall–Kier alpha value is -0.553. The van der Waals surface area contributed by atoms with Crippen molar-refractivity contribution in [1.29, 1.82) is 0 Å². The van der Waals surface area contributed by atoms with Crippen LogP contribution in [0.25, 0.3) is 0 Å². The number of epoxide rings is 1. The first kappa shape index (κ1) is 18.5. The molecule has 0 bridgehead atoms. The quantitative estimate of drug-likeness (QED) is 0.314. The maximum Gasteiger partial charge on any atom is 1.00 e. The number of carboxylic acids is 1. The van der Waals surface area contributed by atoms with Crippen LogP contribution in [-0.4, -0.2) is 46.4 Å². The summed E-state index contributed by atoms with van der Waals surface area (Å²) >= 11 is 11.8. The zero-order chi connectivity index (χ0) is 14.9. The van der Waals surface area contributed by atoms with Crippen molar-refractivity contribution in [2.24, 2.45) is 0 Å². The van der Waals surface area contributed by atoms with E-state index in [0.717, 1.165) is 0 Å². The van der Waals surface area contributed by atoms with Crippen molar-refractivity contribution in [3.8, 4) is 0 Å². The maximum atomic E-state index is 11.1. The molecule has 1 N–H and O–H groups in total. The van der Waals surface area contributed by atoms with Crippen molar-refractivity contribution in [2.45, 2.75) is 26.0 Å². The van der Waals surface area contributed by atoms with Gasteiger partial charge in [0.2, 0.25) is 5.28 Å². The molecule has 1 aromatic rings. The third kappa shape index (κ3) is 4.71. The van der Waals surface area contributed by atoms with Crippen LogP contribution in [0.1, 0.15) is 25.8 Å². The fourth-order valence-electron chi connectivity index (χ4n) is 1.48. The Kier molecular flexibility index (Phi) is 6.72. The third-order valence-corrected chi connectivity index (χ3v) is 3.01. The molecule has 1 aliphatic rings. The number of aromatic nitrogens is 2. The van der Waals surface area contributed by atoms with Crippen LogP contribution >= 0.6 is 23.2 Å². The molecule has 1 atom stereocenters. The predicted octanol–water partition coefficient (Wildman–Crippen LogP) is -0.857. The first-order chi connectivity index (χ1) is 9.40. The minimum atomic E-state index is -1.28. The van der Waals surface area contributed by atoms with E-state index in [4.69, 9.17) is 37.9 Å². The summed E-state index contributed by atoms with van der Waals surface area (Å²) in [5.74, 6) is -1.16. The van der Waals surface area contributed by atoms with Crippen LogP contribution in [0.3, 0.4) is 0 Å². The summed E-state index contributed by atoms with van der Waals surface area (Å²) in [7, 11) is 0. The Morgan fingerprint density at radius 2 is 2.19 bits per heavy atom. The Bertz CT molecular complexity index is 534. The molecule has 1 unspecified atom stereocenters. The van der Waals surface area contributed by atoms with Crippen LogP contribution in [0.5, 0.6) is 0 Å². The summed E-state index contributed by atoms with van der Waals surface area (Å²) in [4.78, 5) is 24.2. The monoisotopic (exact) mass is 329 g/mol. The number of ether oxygens (including phenoxy) is 1. The molecule has 1 aliphatic heterocycles. The molecule has 0 amide bonds. The SMILES string of the molecule is CC(C)N(OCC1CO1)c1nc(Cl)nc(C(=O)O)c1Cl.[H-].[Li+]. The van der Waals surface area contributed by atoms with Gasteiger partial charge in [0.05, 0.1) is 12.6 Å². The fraction of sp³-hybridized carbons (Fsp3) is 0.545. The van der Waals surface area contributed by atoms with E-state index in [-0.39, 0.29) is 54.3 Å². The smallest absolute Gasteiger partial charge is 1.00 e. The van der Waals surface area contributed by atoms with E-state index < -0.39 is 5.97 Å². The number of hydrogen-bond acceptors (Lipinski definition) is 6. The number of anilines is 1. The number of rotatable bonds is 6. The summed E-state index contributed by atoms with van der Waals surface area (Å²) in [5, 5.41) is 10.1. The molecule has 1 aromatic heterocycles. The first-order valence-electron chi connectivity index (χ1n) is 5.90.